The minimum absolute atomic E-state index is 0.0156. The van der Waals surface area contributed by atoms with Crippen LogP contribution in [0.2, 0.25) is 0 Å². The molecule has 4 N–H and O–H groups in total. The predicted octanol–water partition coefficient (Wildman–Crippen LogP) is 0.0802. The Labute approximate surface area is 177 Å². The minimum Gasteiger partial charge on any atom is -0.399 e. The molecule has 0 aromatic heterocycles. The SMILES string of the molecule is CC1(C)OB(c2cc(C(N)=O)ccc2C(CN2CC[C@@H](O)C2)S(=O)(=O)O)OC1(C)C. The van der Waals surface area contributed by atoms with Gasteiger partial charge in [-0.3, -0.25) is 14.2 Å². The van der Waals surface area contributed by atoms with Crippen LogP contribution in [0.1, 0.15) is 55.3 Å². The van der Waals surface area contributed by atoms with E-state index in [1.54, 1.807) is 4.90 Å². The monoisotopic (exact) mass is 440 g/mol. The number of carbonyl (C=O) groups excluding carboxylic acids is 1. The number of hydrogen-bond acceptors (Lipinski definition) is 7. The molecule has 30 heavy (non-hydrogen) atoms. The van der Waals surface area contributed by atoms with Gasteiger partial charge in [0, 0.05) is 25.2 Å². The van der Waals surface area contributed by atoms with Gasteiger partial charge in [0.2, 0.25) is 5.91 Å². The second-order valence-electron chi connectivity index (χ2n) is 9.00. The van der Waals surface area contributed by atoms with Crippen molar-refractivity contribution < 1.29 is 32.2 Å². The van der Waals surface area contributed by atoms with Crippen molar-refractivity contribution in [3.63, 3.8) is 0 Å². The summed E-state index contributed by atoms with van der Waals surface area (Å²) in [5.41, 5.74) is 4.81. The maximum Gasteiger partial charge on any atom is 0.495 e. The average molecular weight is 440 g/mol. The van der Waals surface area contributed by atoms with E-state index >= 15 is 0 Å². The molecule has 0 spiro atoms. The third-order valence-corrected chi connectivity index (χ3v) is 7.38. The zero-order valence-corrected chi connectivity index (χ0v) is 18.5. The van der Waals surface area contributed by atoms with Crippen LogP contribution >= 0.6 is 0 Å². The van der Waals surface area contributed by atoms with Gasteiger partial charge in [-0.1, -0.05) is 6.07 Å². The van der Waals surface area contributed by atoms with Crippen LogP contribution in [0.5, 0.6) is 0 Å². The molecule has 0 radical (unpaired) electrons. The van der Waals surface area contributed by atoms with Gasteiger partial charge in [-0.05, 0) is 57.3 Å². The molecule has 2 atom stereocenters. The Balaban J connectivity index is 2.07. The van der Waals surface area contributed by atoms with E-state index in [0.29, 0.717) is 25.0 Å². The summed E-state index contributed by atoms with van der Waals surface area (Å²) in [5, 5.41) is 8.47. The third-order valence-electron chi connectivity index (χ3n) is 6.26. The van der Waals surface area contributed by atoms with Gasteiger partial charge in [0.15, 0.2) is 0 Å². The van der Waals surface area contributed by atoms with E-state index in [1.807, 2.05) is 27.7 Å². The molecule has 2 heterocycles. The van der Waals surface area contributed by atoms with Crippen molar-refractivity contribution in [3.8, 4) is 0 Å². The lowest BCUT2D eigenvalue weighted by molar-refractivity contribution is 0.00578. The maximum atomic E-state index is 12.3. The van der Waals surface area contributed by atoms with E-state index in [2.05, 4.69) is 0 Å². The zero-order chi connectivity index (χ0) is 22.5. The van der Waals surface area contributed by atoms with E-state index in [4.69, 9.17) is 15.0 Å². The molecule has 9 nitrogen and oxygen atoms in total. The average Bonchev–Trinajstić information content (AvgIpc) is 3.11. The lowest BCUT2D eigenvalue weighted by atomic mass is 9.74. The second kappa shape index (κ2) is 7.88. The molecule has 11 heteroatoms. The zero-order valence-electron chi connectivity index (χ0n) is 17.7. The number of likely N-dealkylation sites (tertiary alicyclic amines) is 1. The summed E-state index contributed by atoms with van der Waals surface area (Å²) in [6, 6.07) is 4.34. The molecule has 2 aliphatic rings. The summed E-state index contributed by atoms with van der Waals surface area (Å²) in [6.45, 7) is 8.24. The minimum atomic E-state index is -4.52. The van der Waals surface area contributed by atoms with E-state index in [-0.39, 0.29) is 17.7 Å². The van der Waals surface area contributed by atoms with E-state index in [0.717, 1.165) is 0 Å². The maximum absolute atomic E-state index is 12.3. The largest absolute Gasteiger partial charge is 0.495 e. The molecular formula is C19H29BN2O7S. The van der Waals surface area contributed by atoms with Gasteiger partial charge in [-0.15, -0.1) is 0 Å². The summed E-state index contributed by atoms with van der Waals surface area (Å²) < 4.78 is 46.8. The number of rotatable bonds is 6. The second-order valence-corrected chi connectivity index (χ2v) is 10.6. The summed E-state index contributed by atoms with van der Waals surface area (Å²) >= 11 is 0. The number of aliphatic hydroxyl groups is 1. The van der Waals surface area contributed by atoms with Crippen LogP contribution in [0.15, 0.2) is 18.2 Å². The molecule has 1 amide bonds. The van der Waals surface area contributed by atoms with Crippen LogP contribution in [-0.2, 0) is 19.4 Å². The van der Waals surface area contributed by atoms with Crippen LogP contribution in [0, 0.1) is 0 Å². The third kappa shape index (κ3) is 4.56. The van der Waals surface area contributed by atoms with Crippen molar-refractivity contribution in [1.82, 2.24) is 4.90 Å². The Kier molecular flexibility index (Phi) is 6.09. The van der Waals surface area contributed by atoms with Crippen molar-refractivity contribution in [2.75, 3.05) is 19.6 Å². The van der Waals surface area contributed by atoms with E-state index in [1.165, 1.54) is 18.2 Å². The number of nitrogens with zero attached hydrogens (tertiary/aromatic N) is 1. The first kappa shape index (κ1) is 23.2. The first-order valence-corrected chi connectivity index (χ1v) is 11.4. The molecule has 166 valence electrons. The highest BCUT2D eigenvalue weighted by molar-refractivity contribution is 7.86. The standard InChI is InChI=1S/C19H29BN2O7S/c1-18(2)19(3,4)29-20(28-18)15-9-12(17(21)24)5-6-14(15)16(30(25,26)27)11-22-8-7-13(23)10-22/h5-6,9,13,16,23H,7-8,10-11H2,1-4H3,(H2,21,24)(H,25,26,27)/t13-,16?/m1/s1. The molecule has 1 aromatic rings. The van der Waals surface area contributed by atoms with Gasteiger partial charge >= 0.3 is 7.12 Å². The van der Waals surface area contributed by atoms with Crippen LogP contribution in [0.3, 0.4) is 0 Å². The van der Waals surface area contributed by atoms with E-state index < -0.39 is 45.7 Å². The summed E-state index contributed by atoms with van der Waals surface area (Å²) in [5.74, 6) is -0.676. The summed E-state index contributed by atoms with van der Waals surface area (Å²) in [6.07, 6.45) is -0.00467. The van der Waals surface area contributed by atoms with Crippen LogP contribution < -0.4 is 11.2 Å². The van der Waals surface area contributed by atoms with Crippen LogP contribution in [0.4, 0.5) is 0 Å². The quantitative estimate of drug-likeness (QED) is 0.418. The summed E-state index contributed by atoms with van der Waals surface area (Å²) in [4.78, 5) is 13.5. The van der Waals surface area contributed by atoms with Crippen molar-refractivity contribution in [2.45, 2.75) is 56.7 Å². The molecule has 2 saturated heterocycles. The van der Waals surface area contributed by atoms with Gasteiger partial charge < -0.3 is 20.1 Å². The first-order chi connectivity index (χ1) is 13.7. The fourth-order valence-corrected chi connectivity index (χ4v) is 4.70. The van der Waals surface area contributed by atoms with Gasteiger partial charge in [0.25, 0.3) is 10.1 Å². The lowest BCUT2D eigenvalue weighted by Crippen LogP contribution is -2.41. The Morgan fingerprint density at radius 1 is 1.30 bits per heavy atom. The normalized spacial score (nSPS) is 24.9. The molecule has 2 aliphatic heterocycles. The van der Waals surface area contributed by atoms with Gasteiger partial charge in [-0.2, -0.15) is 8.42 Å². The fourth-order valence-electron chi connectivity index (χ4n) is 3.76. The fraction of sp³-hybridized carbons (Fsp3) is 0.632. The Morgan fingerprint density at radius 3 is 2.37 bits per heavy atom. The highest BCUT2D eigenvalue weighted by atomic mass is 32.2. The number of benzene rings is 1. The number of amides is 1. The van der Waals surface area contributed by atoms with Crippen LogP contribution in [-0.4, -0.2) is 72.9 Å². The van der Waals surface area contributed by atoms with Crippen molar-refractivity contribution >= 4 is 28.6 Å². The Hall–Kier alpha value is -1.50. The van der Waals surface area contributed by atoms with Crippen molar-refractivity contribution in [1.29, 1.82) is 0 Å². The molecule has 1 unspecified atom stereocenters. The summed E-state index contributed by atoms with van der Waals surface area (Å²) in [7, 11) is -5.46. The Bertz CT molecular complexity index is 919. The number of β-amino-alcohol motifs (C(OH)–C–C–N with tert-alkyl or cyclic N) is 1. The first-order valence-electron chi connectivity index (χ1n) is 9.87. The molecular weight excluding hydrogens is 411 g/mol. The highest BCUT2D eigenvalue weighted by Crippen LogP contribution is 2.37. The molecule has 0 bridgehead atoms. The number of hydrogen-bond donors (Lipinski definition) is 3. The molecule has 2 fully saturated rings. The van der Waals surface area contributed by atoms with Gasteiger partial charge in [0.1, 0.15) is 5.25 Å². The molecule has 0 aliphatic carbocycles. The molecule has 3 rings (SSSR count). The smallest absolute Gasteiger partial charge is 0.399 e. The van der Waals surface area contributed by atoms with Gasteiger partial charge in [0.05, 0.1) is 17.3 Å². The predicted molar refractivity (Wildman–Crippen MR) is 112 cm³/mol. The number of primary amides is 1. The molecule has 1 aromatic carbocycles. The molecule has 0 saturated carbocycles. The van der Waals surface area contributed by atoms with Crippen molar-refractivity contribution in [2.24, 2.45) is 5.73 Å². The van der Waals surface area contributed by atoms with Crippen LogP contribution in [0.25, 0.3) is 0 Å². The number of nitrogens with two attached hydrogens (primary N) is 1. The number of carbonyl (C=O) groups is 1. The van der Waals surface area contributed by atoms with Gasteiger partial charge in [-0.25, -0.2) is 0 Å². The topological polar surface area (TPSA) is 139 Å². The number of aliphatic hydroxyl groups excluding tert-OH is 1. The van der Waals surface area contributed by atoms with E-state index in [9.17, 15) is 22.9 Å². The lowest BCUT2D eigenvalue weighted by Gasteiger charge is -2.32. The van der Waals surface area contributed by atoms with Crippen molar-refractivity contribution in [3.05, 3.63) is 29.3 Å². The highest BCUT2D eigenvalue weighted by Gasteiger charge is 2.53. The Morgan fingerprint density at radius 2 is 1.90 bits per heavy atom.